The molecular formula is C24H24O3. The van der Waals surface area contributed by atoms with Crippen LogP contribution in [0.3, 0.4) is 0 Å². The van der Waals surface area contributed by atoms with E-state index in [1.54, 1.807) is 6.92 Å². The third kappa shape index (κ3) is 4.09. The molecule has 0 saturated carbocycles. The van der Waals surface area contributed by atoms with Gasteiger partial charge in [0.05, 0.1) is 12.5 Å². The fourth-order valence-electron chi connectivity index (χ4n) is 3.45. The summed E-state index contributed by atoms with van der Waals surface area (Å²) in [6.07, 6.45) is 0.375. The van der Waals surface area contributed by atoms with Crippen LogP contribution in [0, 0.1) is 5.92 Å². The molecule has 0 bridgehead atoms. The number of aliphatic hydroxyl groups is 1. The smallest absolute Gasteiger partial charge is 0.312 e. The van der Waals surface area contributed by atoms with Crippen molar-refractivity contribution < 1.29 is 14.6 Å². The van der Waals surface area contributed by atoms with Gasteiger partial charge in [0.15, 0.2) is 0 Å². The average molecular weight is 360 g/mol. The summed E-state index contributed by atoms with van der Waals surface area (Å²) in [7, 11) is 0. The molecule has 1 atom stereocenters. The second-order valence-corrected chi connectivity index (χ2v) is 6.49. The van der Waals surface area contributed by atoms with Crippen LogP contribution >= 0.6 is 0 Å². The molecule has 3 nitrogen and oxygen atoms in total. The maximum absolute atomic E-state index is 13.0. The van der Waals surface area contributed by atoms with Gasteiger partial charge in [-0.2, -0.15) is 0 Å². The summed E-state index contributed by atoms with van der Waals surface area (Å²) >= 11 is 0. The number of ether oxygens (including phenoxy) is 1. The minimum atomic E-state index is -1.50. The van der Waals surface area contributed by atoms with E-state index in [0.717, 1.165) is 5.56 Å². The van der Waals surface area contributed by atoms with Crippen LogP contribution in [0.2, 0.25) is 0 Å². The Morgan fingerprint density at radius 1 is 0.852 bits per heavy atom. The number of rotatable bonds is 7. The van der Waals surface area contributed by atoms with Crippen LogP contribution in [0.4, 0.5) is 0 Å². The fourth-order valence-corrected chi connectivity index (χ4v) is 3.45. The highest BCUT2D eigenvalue weighted by Crippen LogP contribution is 2.39. The van der Waals surface area contributed by atoms with Gasteiger partial charge >= 0.3 is 5.97 Å². The van der Waals surface area contributed by atoms with Crippen LogP contribution in [0.25, 0.3) is 0 Å². The Morgan fingerprint density at radius 2 is 1.30 bits per heavy atom. The summed E-state index contributed by atoms with van der Waals surface area (Å²) in [5.41, 5.74) is 0.821. The molecule has 0 saturated heterocycles. The summed E-state index contributed by atoms with van der Waals surface area (Å²) in [6.45, 7) is 2.05. The van der Waals surface area contributed by atoms with Crippen molar-refractivity contribution in [3.63, 3.8) is 0 Å². The van der Waals surface area contributed by atoms with Gasteiger partial charge in [-0.15, -0.1) is 0 Å². The zero-order chi connectivity index (χ0) is 19.1. The largest absolute Gasteiger partial charge is 0.466 e. The van der Waals surface area contributed by atoms with E-state index in [1.165, 1.54) is 0 Å². The summed E-state index contributed by atoms with van der Waals surface area (Å²) in [4.78, 5) is 13.0. The van der Waals surface area contributed by atoms with Crippen LogP contribution < -0.4 is 0 Å². The number of esters is 1. The Bertz CT molecular complexity index is 805. The highest BCUT2D eigenvalue weighted by molar-refractivity contribution is 5.76. The third-order valence-corrected chi connectivity index (χ3v) is 4.79. The molecule has 3 heteroatoms. The van der Waals surface area contributed by atoms with Crippen LogP contribution in [-0.2, 0) is 21.6 Å². The maximum Gasteiger partial charge on any atom is 0.312 e. The van der Waals surface area contributed by atoms with Gasteiger partial charge in [-0.25, -0.2) is 0 Å². The first kappa shape index (κ1) is 18.9. The van der Waals surface area contributed by atoms with Crippen molar-refractivity contribution in [2.75, 3.05) is 6.61 Å². The molecule has 0 aliphatic rings. The van der Waals surface area contributed by atoms with Crippen molar-refractivity contribution in [3.8, 4) is 0 Å². The van der Waals surface area contributed by atoms with Crippen LogP contribution in [0.1, 0.15) is 23.6 Å². The SMILES string of the molecule is CCOC(=O)C(Cc1ccccc1)C(O)(c1ccccc1)c1ccccc1. The fraction of sp³-hybridized carbons (Fsp3) is 0.208. The van der Waals surface area contributed by atoms with Crippen molar-refractivity contribution in [1.82, 2.24) is 0 Å². The maximum atomic E-state index is 13.0. The van der Waals surface area contributed by atoms with Crippen molar-refractivity contribution in [2.45, 2.75) is 18.9 Å². The Labute approximate surface area is 160 Å². The predicted octanol–water partition coefficient (Wildman–Crippen LogP) is 4.34. The number of benzene rings is 3. The van der Waals surface area contributed by atoms with Crippen LogP contribution in [0.15, 0.2) is 91.0 Å². The zero-order valence-electron chi connectivity index (χ0n) is 15.4. The van der Waals surface area contributed by atoms with Crippen molar-refractivity contribution in [3.05, 3.63) is 108 Å². The van der Waals surface area contributed by atoms with Crippen LogP contribution in [-0.4, -0.2) is 17.7 Å². The lowest BCUT2D eigenvalue weighted by molar-refractivity contribution is -0.156. The predicted molar refractivity (Wildman–Crippen MR) is 106 cm³/mol. The molecule has 0 amide bonds. The second-order valence-electron chi connectivity index (χ2n) is 6.49. The van der Waals surface area contributed by atoms with E-state index in [1.807, 2.05) is 91.0 Å². The molecular weight excluding hydrogens is 336 g/mol. The number of carbonyl (C=O) groups is 1. The van der Waals surface area contributed by atoms with Gasteiger partial charge in [0, 0.05) is 0 Å². The lowest BCUT2D eigenvalue weighted by Crippen LogP contribution is -2.43. The van der Waals surface area contributed by atoms with E-state index in [2.05, 4.69) is 0 Å². The van der Waals surface area contributed by atoms with Gasteiger partial charge in [-0.3, -0.25) is 4.79 Å². The molecule has 3 aromatic rings. The van der Waals surface area contributed by atoms with E-state index in [-0.39, 0.29) is 6.61 Å². The van der Waals surface area contributed by atoms with Crippen molar-refractivity contribution >= 4 is 5.97 Å². The molecule has 0 fully saturated rings. The van der Waals surface area contributed by atoms with E-state index in [9.17, 15) is 9.90 Å². The number of hydrogen-bond donors (Lipinski definition) is 1. The van der Waals surface area contributed by atoms with Crippen LogP contribution in [0.5, 0.6) is 0 Å². The van der Waals surface area contributed by atoms with Gasteiger partial charge in [0.1, 0.15) is 5.60 Å². The first-order valence-corrected chi connectivity index (χ1v) is 9.20. The third-order valence-electron chi connectivity index (χ3n) is 4.79. The normalized spacial score (nSPS) is 12.4. The zero-order valence-corrected chi connectivity index (χ0v) is 15.4. The molecule has 3 rings (SSSR count). The number of hydrogen-bond acceptors (Lipinski definition) is 3. The minimum absolute atomic E-state index is 0.268. The second kappa shape index (κ2) is 8.65. The summed E-state index contributed by atoms with van der Waals surface area (Å²) in [5.74, 6) is -1.18. The highest BCUT2D eigenvalue weighted by Gasteiger charge is 2.45. The molecule has 0 spiro atoms. The topological polar surface area (TPSA) is 46.5 Å². The summed E-state index contributed by atoms with van der Waals surface area (Å²) < 4.78 is 5.37. The Balaban J connectivity index is 2.14. The first-order valence-electron chi connectivity index (χ1n) is 9.20. The van der Waals surface area contributed by atoms with Gasteiger partial charge in [-0.05, 0) is 30.0 Å². The molecule has 3 aromatic carbocycles. The highest BCUT2D eigenvalue weighted by atomic mass is 16.5. The molecule has 27 heavy (non-hydrogen) atoms. The molecule has 0 aromatic heterocycles. The quantitative estimate of drug-likeness (QED) is 0.638. The molecule has 0 aliphatic carbocycles. The number of carbonyl (C=O) groups excluding carboxylic acids is 1. The molecule has 0 heterocycles. The Kier molecular flexibility index (Phi) is 6.05. The lowest BCUT2D eigenvalue weighted by atomic mass is 9.73. The molecule has 1 unspecified atom stereocenters. The van der Waals surface area contributed by atoms with E-state index in [4.69, 9.17) is 4.74 Å². The van der Waals surface area contributed by atoms with Gasteiger partial charge in [0.25, 0.3) is 0 Å². The summed E-state index contributed by atoms with van der Waals surface area (Å²) in [6, 6.07) is 28.4. The molecule has 0 radical (unpaired) electrons. The van der Waals surface area contributed by atoms with E-state index in [0.29, 0.717) is 17.5 Å². The van der Waals surface area contributed by atoms with Gasteiger partial charge in [0.2, 0.25) is 0 Å². The monoisotopic (exact) mass is 360 g/mol. The standard InChI is InChI=1S/C24H24O3/c1-2-27-23(25)22(18-19-12-6-3-7-13-19)24(26,20-14-8-4-9-15-20)21-16-10-5-11-17-21/h3-17,22,26H,2,18H2,1H3. The lowest BCUT2D eigenvalue weighted by Gasteiger charge is -2.36. The Hall–Kier alpha value is -2.91. The minimum Gasteiger partial charge on any atom is -0.466 e. The molecule has 0 aliphatic heterocycles. The van der Waals surface area contributed by atoms with E-state index < -0.39 is 17.5 Å². The first-order chi connectivity index (χ1) is 13.2. The Morgan fingerprint density at radius 3 is 1.74 bits per heavy atom. The van der Waals surface area contributed by atoms with Gasteiger partial charge < -0.3 is 9.84 Å². The molecule has 1 N–H and O–H groups in total. The molecule has 138 valence electrons. The van der Waals surface area contributed by atoms with E-state index >= 15 is 0 Å². The average Bonchev–Trinajstić information content (AvgIpc) is 2.73. The van der Waals surface area contributed by atoms with Crippen molar-refractivity contribution in [2.24, 2.45) is 5.92 Å². The van der Waals surface area contributed by atoms with Crippen molar-refractivity contribution in [1.29, 1.82) is 0 Å². The van der Waals surface area contributed by atoms with Gasteiger partial charge in [-0.1, -0.05) is 91.0 Å². The summed E-state index contributed by atoms with van der Waals surface area (Å²) in [5, 5.41) is 12.0.